The SMILES string of the molecule is c1ccc(-c2nc(-c3ccc(-c4ccc(-c5nc6ccccc6c6oc7ccccc7c56)cc4)c4ccccc34)nc(-c3cccc4c3oc3ccccc34)n2)cc1. The molecule has 12 aromatic rings. The molecule has 0 radical (unpaired) electrons. The molecule has 0 aliphatic heterocycles. The van der Waals surface area contributed by atoms with Gasteiger partial charge in [0.1, 0.15) is 22.3 Å². The second kappa shape index (κ2) is 12.8. The summed E-state index contributed by atoms with van der Waals surface area (Å²) < 4.78 is 12.9. The minimum atomic E-state index is 0.555. The first-order chi connectivity index (χ1) is 28.7. The van der Waals surface area contributed by atoms with Crippen LogP contribution in [0.5, 0.6) is 0 Å². The Hall–Kier alpha value is -7.96. The Labute approximate surface area is 331 Å². The Morgan fingerprint density at radius 2 is 0.845 bits per heavy atom. The van der Waals surface area contributed by atoms with E-state index in [9.17, 15) is 0 Å². The molecule has 0 saturated carbocycles. The molecule has 0 bridgehead atoms. The zero-order valence-electron chi connectivity index (χ0n) is 30.9. The number of pyridine rings is 1. The maximum absolute atomic E-state index is 6.45. The van der Waals surface area contributed by atoms with Gasteiger partial charge in [0.15, 0.2) is 17.5 Å². The van der Waals surface area contributed by atoms with Gasteiger partial charge in [0, 0.05) is 38.2 Å². The Balaban J connectivity index is 1.00. The van der Waals surface area contributed by atoms with Gasteiger partial charge in [-0.05, 0) is 58.3 Å². The summed E-state index contributed by atoms with van der Waals surface area (Å²) in [6, 6.07) is 62.2. The van der Waals surface area contributed by atoms with Gasteiger partial charge in [-0.2, -0.15) is 0 Å². The van der Waals surface area contributed by atoms with Crippen LogP contribution in [0.25, 0.3) is 122 Å². The molecule has 12 rings (SSSR count). The average molecular weight is 743 g/mol. The number of hydrogen-bond acceptors (Lipinski definition) is 6. The van der Waals surface area contributed by atoms with Crippen LogP contribution in [0, 0.1) is 0 Å². The third kappa shape index (κ3) is 5.05. The molecule has 58 heavy (non-hydrogen) atoms. The first-order valence-corrected chi connectivity index (χ1v) is 19.3. The van der Waals surface area contributed by atoms with Gasteiger partial charge in [0.05, 0.1) is 22.2 Å². The van der Waals surface area contributed by atoms with Crippen molar-refractivity contribution in [3.63, 3.8) is 0 Å². The van der Waals surface area contributed by atoms with E-state index in [-0.39, 0.29) is 0 Å². The Kier molecular flexibility index (Phi) is 7.13. The number of fused-ring (bicyclic) bond motifs is 9. The van der Waals surface area contributed by atoms with E-state index >= 15 is 0 Å². The second-order valence-electron chi connectivity index (χ2n) is 14.5. The minimum absolute atomic E-state index is 0.555. The van der Waals surface area contributed by atoms with Crippen LogP contribution < -0.4 is 0 Å². The predicted octanol–water partition coefficient (Wildman–Crippen LogP) is 13.7. The van der Waals surface area contributed by atoms with Crippen molar-refractivity contribution in [2.75, 3.05) is 0 Å². The summed E-state index contributed by atoms with van der Waals surface area (Å²) in [5.74, 6) is 1.74. The van der Waals surface area contributed by atoms with Crippen LogP contribution in [0.4, 0.5) is 0 Å². The van der Waals surface area contributed by atoms with Gasteiger partial charge < -0.3 is 8.83 Å². The number of nitrogens with zero attached hydrogens (tertiary/aromatic N) is 4. The second-order valence-corrected chi connectivity index (χ2v) is 14.5. The number of para-hydroxylation sites is 4. The molecule has 0 aliphatic carbocycles. The molecular weight excluding hydrogens is 713 g/mol. The van der Waals surface area contributed by atoms with Crippen LogP contribution in [0.1, 0.15) is 0 Å². The van der Waals surface area contributed by atoms with Crippen LogP contribution in [-0.2, 0) is 0 Å². The zero-order valence-corrected chi connectivity index (χ0v) is 30.9. The van der Waals surface area contributed by atoms with E-state index in [0.717, 1.165) is 105 Å². The van der Waals surface area contributed by atoms with Gasteiger partial charge in [0.25, 0.3) is 0 Å². The third-order valence-corrected chi connectivity index (χ3v) is 11.2. The van der Waals surface area contributed by atoms with E-state index in [0.29, 0.717) is 17.5 Å². The van der Waals surface area contributed by atoms with Crippen LogP contribution in [0.3, 0.4) is 0 Å². The number of furan rings is 2. The lowest BCUT2D eigenvalue weighted by Crippen LogP contribution is -2.01. The standard InChI is InChI=1S/C52H30N4O2/c1-2-13-33(14-3-1)50-54-51(56-52(55-50)42-21-12-20-38-37-17-7-10-23-44(37)57-48(38)42)39-30-29-34(35-15-4-5-16-36(35)39)31-25-27-32(28-26-31)47-46-41-19-8-11-24-45(41)58-49(46)40-18-6-9-22-43(40)53-47/h1-30H. The van der Waals surface area contributed by atoms with Crippen molar-refractivity contribution in [3.8, 4) is 56.5 Å². The summed E-state index contributed by atoms with van der Waals surface area (Å²) in [4.78, 5) is 20.5. The van der Waals surface area contributed by atoms with Crippen LogP contribution >= 0.6 is 0 Å². The Bertz CT molecular complexity index is 3570. The van der Waals surface area contributed by atoms with Crippen LogP contribution in [-0.4, -0.2) is 19.9 Å². The molecule has 0 aliphatic rings. The van der Waals surface area contributed by atoms with Gasteiger partial charge >= 0.3 is 0 Å². The van der Waals surface area contributed by atoms with Crippen molar-refractivity contribution >= 4 is 65.6 Å². The summed E-state index contributed by atoms with van der Waals surface area (Å²) in [5.41, 5.74) is 11.0. The summed E-state index contributed by atoms with van der Waals surface area (Å²) in [5, 5.41) is 7.32. The van der Waals surface area contributed by atoms with E-state index in [2.05, 4.69) is 91.0 Å². The molecule has 4 heterocycles. The summed E-state index contributed by atoms with van der Waals surface area (Å²) in [6.07, 6.45) is 0. The molecule has 0 N–H and O–H groups in total. The van der Waals surface area contributed by atoms with Crippen molar-refractivity contribution in [1.82, 2.24) is 19.9 Å². The molecule has 270 valence electrons. The first-order valence-electron chi connectivity index (χ1n) is 19.3. The quantitative estimate of drug-likeness (QED) is 0.175. The lowest BCUT2D eigenvalue weighted by molar-refractivity contribution is 0.669. The molecular formula is C52H30N4O2. The van der Waals surface area contributed by atoms with Gasteiger partial charge in [0.2, 0.25) is 0 Å². The fourth-order valence-corrected chi connectivity index (χ4v) is 8.43. The van der Waals surface area contributed by atoms with E-state index in [1.165, 1.54) is 0 Å². The lowest BCUT2D eigenvalue weighted by atomic mass is 9.93. The third-order valence-electron chi connectivity index (χ3n) is 11.2. The Morgan fingerprint density at radius 3 is 1.64 bits per heavy atom. The summed E-state index contributed by atoms with van der Waals surface area (Å²) in [7, 11) is 0. The largest absolute Gasteiger partial charge is 0.455 e. The maximum atomic E-state index is 6.45. The monoisotopic (exact) mass is 742 g/mol. The topological polar surface area (TPSA) is 77.8 Å². The van der Waals surface area contributed by atoms with E-state index in [4.69, 9.17) is 28.8 Å². The minimum Gasteiger partial charge on any atom is -0.455 e. The average Bonchev–Trinajstić information content (AvgIpc) is 3.88. The van der Waals surface area contributed by atoms with E-state index in [1.807, 2.05) is 91.0 Å². The summed E-state index contributed by atoms with van der Waals surface area (Å²) in [6.45, 7) is 0. The molecule has 0 spiro atoms. The fourth-order valence-electron chi connectivity index (χ4n) is 8.43. The molecule has 0 fully saturated rings. The van der Waals surface area contributed by atoms with Gasteiger partial charge in [-0.25, -0.2) is 19.9 Å². The summed E-state index contributed by atoms with van der Waals surface area (Å²) >= 11 is 0. The maximum Gasteiger partial charge on any atom is 0.167 e. The first kappa shape index (κ1) is 32.3. The van der Waals surface area contributed by atoms with Crippen molar-refractivity contribution in [1.29, 1.82) is 0 Å². The molecule has 0 unspecified atom stereocenters. The predicted molar refractivity (Wildman–Crippen MR) is 234 cm³/mol. The highest BCUT2D eigenvalue weighted by Crippen LogP contribution is 2.42. The van der Waals surface area contributed by atoms with Crippen LogP contribution in [0.15, 0.2) is 191 Å². The number of hydrogen-bond donors (Lipinski definition) is 0. The highest BCUT2D eigenvalue weighted by atomic mass is 16.3. The van der Waals surface area contributed by atoms with Gasteiger partial charge in [-0.3, -0.25) is 0 Å². The molecule has 0 amide bonds. The van der Waals surface area contributed by atoms with Gasteiger partial charge in [-0.15, -0.1) is 0 Å². The molecule has 6 heteroatoms. The van der Waals surface area contributed by atoms with Crippen molar-refractivity contribution in [3.05, 3.63) is 182 Å². The number of benzene rings is 8. The normalized spacial score (nSPS) is 11.8. The van der Waals surface area contributed by atoms with Crippen LogP contribution in [0.2, 0.25) is 0 Å². The Morgan fingerprint density at radius 1 is 0.293 bits per heavy atom. The van der Waals surface area contributed by atoms with E-state index in [1.54, 1.807) is 0 Å². The molecule has 8 aromatic carbocycles. The highest BCUT2D eigenvalue weighted by molar-refractivity contribution is 6.19. The molecule has 4 aromatic heterocycles. The molecule has 0 atom stereocenters. The fraction of sp³-hybridized carbons (Fsp3) is 0. The molecule has 0 saturated heterocycles. The van der Waals surface area contributed by atoms with Gasteiger partial charge in [-0.1, -0.05) is 146 Å². The number of rotatable bonds is 5. The van der Waals surface area contributed by atoms with Crippen molar-refractivity contribution < 1.29 is 8.83 Å². The van der Waals surface area contributed by atoms with Crippen molar-refractivity contribution in [2.45, 2.75) is 0 Å². The number of aromatic nitrogens is 4. The van der Waals surface area contributed by atoms with E-state index < -0.39 is 0 Å². The molecule has 6 nitrogen and oxygen atoms in total. The highest BCUT2D eigenvalue weighted by Gasteiger charge is 2.21. The smallest absolute Gasteiger partial charge is 0.167 e. The lowest BCUT2D eigenvalue weighted by Gasteiger charge is -2.14. The van der Waals surface area contributed by atoms with Crippen molar-refractivity contribution in [2.24, 2.45) is 0 Å². The zero-order chi connectivity index (χ0) is 38.2.